The average Bonchev–Trinajstić information content (AvgIpc) is 3.49. The summed E-state index contributed by atoms with van der Waals surface area (Å²) in [6, 6.07) is 8.52. The van der Waals surface area contributed by atoms with Crippen LogP contribution in [0, 0.1) is 0 Å². The third-order valence-electron chi connectivity index (χ3n) is 6.35. The van der Waals surface area contributed by atoms with Gasteiger partial charge in [0.2, 0.25) is 0 Å². The third kappa shape index (κ3) is 4.58. The summed E-state index contributed by atoms with van der Waals surface area (Å²) in [6.45, 7) is 6.13. The summed E-state index contributed by atoms with van der Waals surface area (Å²) < 4.78 is 5.45. The van der Waals surface area contributed by atoms with Gasteiger partial charge in [-0.15, -0.1) is 0 Å². The second-order valence-electron chi connectivity index (χ2n) is 8.20. The van der Waals surface area contributed by atoms with Gasteiger partial charge in [0, 0.05) is 49.2 Å². The summed E-state index contributed by atoms with van der Waals surface area (Å²) in [5.41, 5.74) is 1.39. The van der Waals surface area contributed by atoms with Crippen LogP contribution in [0.2, 0.25) is 5.02 Å². The highest BCUT2D eigenvalue weighted by atomic mass is 35.5. The Morgan fingerprint density at radius 2 is 1.89 bits per heavy atom. The van der Waals surface area contributed by atoms with E-state index in [1.807, 2.05) is 12.1 Å². The first kappa shape index (κ1) is 19.0. The standard InChI is InChI=1S/C21H30ClN3O2/c22-18-6-4-17(5-7-18)21(8-9-21)16-23-20(26)25-10-2-1-3-19(25)15-24-11-13-27-14-12-24/h4-7,19H,1-3,8-16H2,(H,23,26). The minimum Gasteiger partial charge on any atom is -0.379 e. The molecular formula is C21H30ClN3O2. The Balaban J connectivity index is 1.34. The first-order valence-electron chi connectivity index (χ1n) is 10.3. The van der Waals surface area contributed by atoms with Crippen LogP contribution in [0.3, 0.4) is 0 Å². The number of carbonyl (C=O) groups excluding carboxylic acids is 1. The quantitative estimate of drug-likeness (QED) is 0.837. The Morgan fingerprint density at radius 3 is 2.59 bits per heavy atom. The van der Waals surface area contributed by atoms with E-state index in [0.29, 0.717) is 12.6 Å². The molecule has 0 spiro atoms. The molecule has 2 amide bonds. The smallest absolute Gasteiger partial charge is 0.317 e. The van der Waals surface area contributed by atoms with Gasteiger partial charge in [-0.05, 0) is 49.8 Å². The monoisotopic (exact) mass is 391 g/mol. The van der Waals surface area contributed by atoms with Gasteiger partial charge in [-0.3, -0.25) is 4.90 Å². The summed E-state index contributed by atoms with van der Waals surface area (Å²) >= 11 is 6.02. The second-order valence-corrected chi connectivity index (χ2v) is 8.64. The number of nitrogens with zero attached hydrogens (tertiary/aromatic N) is 2. The number of piperidine rings is 1. The lowest BCUT2D eigenvalue weighted by Crippen LogP contribution is -2.54. The van der Waals surface area contributed by atoms with Gasteiger partial charge in [-0.2, -0.15) is 0 Å². The highest BCUT2D eigenvalue weighted by molar-refractivity contribution is 6.30. The molecule has 1 saturated carbocycles. The summed E-state index contributed by atoms with van der Waals surface area (Å²) in [5, 5.41) is 4.01. The molecule has 2 heterocycles. The van der Waals surface area contributed by atoms with Crippen LogP contribution in [0.1, 0.15) is 37.7 Å². The van der Waals surface area contributed by atoms with Crippen LogP contribution >= 0.6 is 11.6 Å². The predicted octanol–water partition coefficient (Wildman–Crippen LogP) is 3.27. The van der Waals surface area contributed by atoms with Crippen LogP contribution in [0.5, 0.6) is 0 Å². The van der Waals surface area contributed by atoms with Gasteiger partial charge in [0.05, 0.1) is 13.2 Å². The minimum atomic E-state index is 0.105. The average molecular weight is 392 g/mol. The number of hydrogen-bond donors (Lipinski definition) is 1. The molecule has 1 aliphatic carbocycles. The van der Waals surface area contributed by atoms with E-state index in [2.05, 4.69) is 27.2 Å². The third-order valence-corrected chi connectivity index (χ3v) is 6.60. The fourth-order valence-electron chi connectivity index (χ4n) is 4.41. The number of likely N-dealkylation sites (tertiary alicyclic amines) is 1. The zero-order chi connectivity index (χ0) is 18.7. The Labute approximate surface area is 167 Å². The number of halogens is 1. The Bertz CT molecular complexity index is 641. The topological polar surface area (TPSA) is 44.8 Å². The Morgan fingerprint density at radius 1 is 1.15 bits per heavy atom. The van der Waals surface area contributed by atoms with E-state index in [4.69, 9.17) is 16.3 Å². The van der Waals surface area contributed by atoms with E-state index >= 15 is 0 Å². The lowest BCUT2D eigenvalue weighted by Gasteiger charge is -2.39. The highest BCUT2D eigenvalue weighted by Gasteiger charge is 2.44. The van der Waals surface area contributed by atoms with E-state index in [9.17, 15) is 4.79 Å². The summed E-state index contributed by atoms with van der Waals surface area (Å²) in [5.74, 6) is 0. The SMILES string of the molecule is O=C(NCC1(c2ccc(Cl)cc2)CC1)N1CCCCC1CN1CCOCC1. The van der Waals surface area contributed by atoms with Crippen molar-refractivity contribution in [2.24, 2.45) is 0 Å². The molecular weight excluding hydrogens is 362 g/mol. The van der Waals surface area contributed by atoms with E-state index in [1.165, 1.54) is 12.0 Å². The number of morpholine rings is 1. The molecule has 1 unspecified atom stereocenters. The Kier molecular flexibility index (Phi) is 5.90. The fourth-order valence-corrected chi connectivity index (χ4v) is 4.53. The van der Waals surface area contributed by atoms with Crippen molar-refractivity contribution in [3.8, 4) is 0 Å². The molecule has 1 atom stereocenters. The van der Waals surface area contributed by atoms with Crippen LogP contribution < -0.4 is 5.32 Å². The van der Waals surface area contributed by atoms with Crippen molar-refractivity contribution in [1.29, 1.82) is 0 Å². The van der Waals surface area contributed by atoms with Crippen LogP contribution in [0.15, 0.2) is 24.3 Å². The molecule has 3 aliphatic rings. The molecule has 0 bridgehead atoms. The molecule has 4 rings (SSSR count). The first-order chi connectivity index (χ1) is 13.2. The highest BCUT2D eigenvalue weighted by Crippen LogP contribution is 2.47. The van der Waals surface area contributed by atoms with Crippen molar-refractivity contribution in [2.45, 2.75) is 43.6 Å². The maximum atomic E-state index is 13.0. The zero-order valence-corrected chi connectivity index (χ0v) is 16.7. The zero-order valence-electron chi connectivity index (χ0n) is 16.0. The van der Waals surface area contributed by atoms with Crippen molar-refractivity contribution in [2.75, 3.05) is 45.9 Å². The van der Waals surface area contributed by atoms with E-state index < -0.39 is 0 Å². The molecule has 2 saturated heterocycles. The Hall–Kier alpha value is -1.30. The van der Waals surface area contributed by atoms with Crippen molar-refractivity contribution in [3.05, 3.63) is 34.9 Å². The number of carbonyl (C=O) groups is 1. The van der Waals surface area contributed by atoms with Gasteiger partial charge >= 0.3 is 6.03 Å². The van der Waals surface area contributed by atoms with Crippen LogP contribution in [-0.4, -0.2) is 67.8 Å². The van der Waals surface area contributed by atoms with Gasteiger partial charge in [0.1, 0.15) is 0 Å². The molecule has 3 fully saturated rings. The molecule has 148 valence electrons. The van der Waals surface area contributed by atoms with Crippen LogP contribution in [0.4, 0.5) is 4.79 Å². The number of benzene rings is 1. The minimum absolute atomic E-state index is 0.105. The molecule has 6 heteroatoms. The van der Waals surface area contributed by atoms with Crippen molar-refractivity contribution in [1.82, 2.24) is 15.1 Å². The summed E-state index contributed by atoms with van der Waals surface area (Å²) in [4.78, 5) is 17.5. The maximum Gasteiger partial charge on any atom is 0.317 e. The second kappa shape index (κ2) is 8.38. The molecule has 1 aromatic carbocycles. The van der Waals surface area contributed by atoms with Crippen molar-refractivity contribution in [3.63, 3.8) is 0 Å². The molecule has 27 heavy (non-hydrogen) atoms. The van der Waals surface area contributed by atoms with Crippen molar-refractivity contribution < 1.29 is 9.53 Å². The molecule has 5 nitrogen and oxygen atoms in total. The van der Waals surface area contributed by atoms with Gasteiger partial charge in [0.25, 0.3) is 0 Å². The number of urea groups is 1. The van der Waals surface area contributed by atoms with E-state index in [-0.39, 0.29) is 11.4 Å². The number of hydrogen-bond acceptors (Lipinski definition) is 3. The number of nitrogens with one attached hydrogen (secondary N) is 1. The molecule has 0 radical (unpaired) electrons. The van der Waals surface area contributed by atoms with E-state index in [0.717, 1.165) is 70.1 Å². The van der Waals surface area contributed by atoms with Crippen LogP contribution in [0.25, 0.3) is 0 Å². The number of amides is 2. The number of rotatable bonds is 5. The summed E-state index contributed by atoms with van der Waals surface area (Å²) in [7, 11) is 0. The van der Waals surface area contributed by atoms with Crippen LogP contribution in [-0.2, 0) is 10.2 Å². The molecule has 1 N–H and O–H groups in total. The molecule has 2 aliphatic heterocycles. The number of ether oxygens (including phenoxy) is 1. The predicted molar refractivity (Wildman–Crippen MR) is 107 cm³/mol. The maximum absolute atomic E-state index is 13.0. The molecule has 0 aromatic heterocycles. The molecule has 1 aromatic rings. The fraction of sp³-hybridized carbons (Fsp3) is 0.667. The lowest BCUT2D eigenvalue weighted by atomic mass is 9.96. The van der Waals surface area contributed by atoms with Gasteiger partial charge in [0.15, 0.2) is 0 Å². The normalized spacial score (nSPS) is 25.2. The van der Waals surface area contributed by atoms with Gasteiger partial charge < -0.3 is 15.0 Å². The first-order valence-corrected chi connectivity index (χ1v) is 10.6. The van der Waals surface area contributed by atoms with Crippen molar-refractivity contribution >= 4 is 17.6 Å². The van der Waals surface area contributed by atoms with E-state index in [1.54, 1.807) is 0 Å². The lowest BCUT2D eigenvalue weighted by molar-refractivity contribution is 0.0221. The largest absolute Gasteiger partial charge is 0.379 e. The van der Waals surface area contributed by atoms with Gasteiger partial charge in [-0.1, -0.05) is 23.7 Å². The summed E-state index contributed by atoms with van der Waals surface area (Å²) in [6.07, 6.45) is 5.69. The van der Waals surface area contributed by atoms with Gasteiger partial charge in [-0.25, -0.2) is 4.79 Å².